The van der Waals surface area contributed by atoms with E-state index in [4.69, 9.17) is 0 Å². The fourth-order valence-corrected chi connectivity index (χ4v) is 1.78. The first-order valence-electron chi connectivity index (χ1n) is 6.29. The third kappa shape index (κ3) is 2.68. The molecular formula is C13H20N4O. The molecule has 1 atom stereocenters. The highest BCUT2D eigenvalue weighted by atomic mass is 16.3. The van der Waals surface area contributed by atoms with E-state index in [9.17, 15) is 5.11 Å². The number of aromatic nitrogens is 3. The van der Waals surface area contributed by atoms with Gasteiger partial charge in [0, 0.05) is 24.8 Å². The van der Waals surface area contributed by atoms with Crippen molar-refractivity contribution < 1.29 is 5.11 Å². The van der Waals surface area contributed by atoms with Crippen LogP contribution < -0.4 is 5.32 Å². The molecule has 0 fully saturated rings. The Morgan fingerprint density at radius 1 is 1.39 bits per heavy atom. The van der Waals surface area contributed by atoms with Crippen molar-refractivity contribution in [1.29, 1.82) is 0 Å². The largest absolute Gasteiger partial charge is 0.396 e. The summed E-state index contributed by atoms with van der Waals surface area (Å²) >= 11 is 0. The van der Waals surface area contributed by atoms with Crippen LogP contribution >= 0.6 is 0 Å². The predicted octanol–water partition coefficient (Wildman–Crippen LogP) is 1.23. The van der Waals surface area contributed by atoms with Crippen molar-refractivity contribution >= 4 is 5.65 Å². The van der Waals surface area contributed by atoms with Gasteiger partial charge >= 0.3 is 0 Å². The smallest absolute Gasteiger partial charge is 0.160 e. The van der Waals surface area contributed by atoms with Crippen LogP contribution in [0.1, 0.15) is 26.1 Å². The maximum Gasteiger partial charge on any atom is 0.160 e. The summed E-state index contributed by atoms with van der Waals surface area (Å²) < 4.78 is 1.97. The molecule has 0 aromatic carbocycles. The molecule has 0 saturated heterocycles. The summed E-state index contributed by atoms with van der Waals surface area (Å²) in [5.41, 5.74) is 0.787. The highest BCUT2D eigenvalue weighted by Gasteiger charge is 2.20. The summed E-state index contributed by atoms with van der Waals surface area (Å²) in [5, 5.41) is 20.9. The lowest BCUT2D eigenvalue weighted by Gasteiger charge is -2.25. The second-order valence-corrected chi connectivity index (χ2v) is 4.97. The number of aliphatic hydroxyl groups excluding tert-OH is 1. The Balaban J connectivity index is 1.98. The quantitative estimate of drug-likeness (QED) is 0.807. The maximum atomic E-state index is 9.34. The Morgan fingerprint density at radius 2 is 2.22 bits per heavy atom. The molecule has 0 spiro atoms. The zero-order valence-corrected chi connectivity index (χ0v) is 10.9. The molecule has 0 saturated carbocycles. The van der Waals surface area contributed by atoms with E-state index in [1.54, 1.807) is 0 Å². The van der Waals surface area contributed by atoms with Gasteiger partial charge < -0.3 is 10.4 Å². The number of pyridine rings is 1. The van der Waals surface area contributed by atoms with Gasteiger partial charge in [-0.3, -0.25) is 4.40 Å². The highest BCUT2D eigenvalue weighted by molar-refractivity contribution is 5.36. The fraction of sp³-hybridized carbons (Fsp3) is 0.538. The summed E-state index contributed by atoms with van der Waals surface area (Å²) in [5.74, 6) is 0.891. The summed E-state index contributed by atoms with van der Waals surface area (Å²) in [4.78, 5) is 0. The van der Waals surface area contributed by atoms with Gasteiger partial charge in [-0.05, 0) is 18.6 Å². The van der Waals surface area contributed by atoms with E-state index in [-0.39, 0.29) is 12.0 Å². The lowest BCUT2D eigenvalue weighted by atomic mass is 9.89. The van der Waals surface area contributed by atoms with Crippen molar-refractivity contribution in [3.05, 3.63) is 30.2 Å². The Labute approximate surface area is 107 Å². The van der Waals surface area contributed by atoms with Crippen LogP contribution in [0.3, 0.4) is 0 Å². The van der Waals surface area contributed by atoms with Gasteiger partial charge in [-0.25, -0.2) is 0 Å². The number of nitrogens with one attached hydrogen (secondary N) is 1. The Hall–Kier alpha value is -1.46. The van der Waals surface area contributed by atoms with E-state index in [0.717, 1.165) is 24.4 Å². The number of fused-ring (bicyclic) bond motifs is 1. The summed E-state index contributed by atoms with van der Waals surface area (Å²) in [6.07, 6.45) is 2.90. The molecule has 0 aliphatic carbocycles. The van der Waals surface area contributed by atoms with Gasteiger partial charge in [-0.15, -0.1) is 10.2 Å². The first-order valence-corrected chi connectivity index (χ1v) is 6.29. The van der Waals surface area contributed by atoms with E-state index in [1.165, 1.54) is 0 Å². The van der Waals surface area contributed by atoms with Crippen LogP contribution in [0.15, 0.2) is 24.4 Å². The maximum absolute atomic E-state index is 9.34. The predicted molar refractivity (Wildman–Crippen MR) is 70.2 cm³/mol. The van der Waals surface area contributed by atoms with Crippen LogP contribution in [0.2, 0.25) is 0 Å². The molecule has 2 heterocycles. The Morgan fingerprint density at radius 3 is 2.94 bits per heavy atom. The molecule has 5 nitrogen and oxygen atoms in total. The Kier molecular flexibility index (Phi) is 3.93. The van der Waals surface area contributed by atoms with Gasteiger partial charge in [-0.2, -0.15) is 0 Å². The normalized spacial score (nSPS) is 14.8. The second kappa shape index (κ2) is 5.46. The van der Waals surface area contributed by atoms with Crippen molar-refractivity contribution in [3.63, 3.8) is 0 Å². The molecule has 0 radical (unpaired) electrons. The fourth-order valence-electron chi connectivity index (χ4n) is 1.78. The number of hydrogen-bond donors (Lipinski definition) is 2. The summed E-state index contributed by atoms with van der Waals surface area (Å²) in [7, 11) is 0. The number of aliphatic hydroxyl groups is 1. The third-order valence-corrected chi connectivity index (χ3v) is 3.45. The topological polar surface area (TPSA) is 62.5 Å². The zero-order valence-electron chi connectivity index (χ0n) is 10.9. The number of rotatable bonds is 6. The molecule has 0 amide bonds. The standard InChI is InChI=1S/C13H20N4O/c1-3-13(2,10-18)9-14-8-12-16-15-11-6-4-5-7-17(11)12/h4-7,14,18H,3,8-10H2,1-2H3. The average Bonchev–Trinajstić information content (AvgIpc) is 2.82. The molecule has 0 aliphatic rings. The van der Waals surface area contributed by atoms with E-state index < -0.39 is 0 Å². The number of nitrogens with zero attached hydrogens (tertiary/aromatic N) is 3. The minimum Gasteiger partial charge on any atom is -0.396 e. The van der Waals surface area contributed by atoms with Crippen molar-refractivity contribution in [1.82, 2.24) is 19.9 Å². The molecule has 2 N–H and O–H groups in total. The number of hydrogen-bond acceptors (Lipinski definition) is 4. The van der Waals surface area contributed by atoms with Crippen LogP contribution in [-0.2, 0) is 6.54 Å². The molecule has 2 aromatic rings. The molecule has 2 aromatic heterocycles. The van der Waals surface area contributed by atoms with Crippen LogP contribution in [0, 0.1) is 5.41 Å². The SMILES string of the molecule is CCC(C)(CO)CNCc1nnc2ccccn12. The molecule has 0 aliphatic heterocycles. The van der Waals surface area contributed by atoms with Crippen molar-refractivity contribution in [2.24, 2.45) is 5.41 Å². The highest BCUT2D eigenvalue weighted by Crippen LogP contribution is 2.18. The third-order valence-electron chi connectivity index (χ3n) is 3.45. The van der Waals surface area contributed by atoms with E-state index in [0.29, 0.717) is 6.54 Å². The molecular weight excluding hydrogens is 228 g/mol. The van der Waals surface area contributed by atoms with Crippen LogP contribution in [0.5, 0.6) is 0 Å². The van der Waals surface area contributed by atoms with E-state index >= 15 is 0 Å². The first-order chi connectivity index (χ1) is 8.68. The molecule has 2 rings (SSSR count). The van der Waals surface area contributed by atoms with Gasteiger partial charge in [0.1, 0.15) is 0 Å². The average molecular weight is 248 g/mol. The molecule has 1 unspecified atom stereocenters. The lowest BCUT2D eigenvalue weighted by molar-refractivity contribution is 0.135. The lowest BCUT2D eigenvalue weighted by Crippen LogP contribution is -2.34. The van der Waals surface area contributed by atoms with Gasteiger partial charge in [0.15, 0.2) is 11.5 Å². The zero-order chi connectivity index (χ0) is 13.0. The molecule has 98 valence electrons. The van der Waals surface area contributed by atoms with Crippen LogP contribution in [-0.4, -0.2) is 32.9 Å². The van der Waals surface area contributed by atoms with Crippen LogP contribution in [0.4, 0.5) is 0 Å². The van der Waals surface area contributed by atoms with Gasteiger partial charge in [0.05, 0.1) is 6.54 Å². The van der Waals surface area contributed by atoms with Gasteiger partial charge in [0.25, 0.3) is 0 Å². The minimum atomic E-state index is -0.0690. The minimum absolute atomic E-state index is 0.0690. The molecule has 18 heavy (non-hydrogen) atoms. The second-order valence-electron chi connectivity index (χ2n) is 4.97. The Bertz CT molecular complexity index is 504. The van der Waals surface area contributed by atoms with E-state index in [2.05, 4.69) is 29.4 Å². The van der Waals surface area contributed by atoms with Gasteiger partial charge in [0.2, 0.25) is 0 Å². The molecule has 0 bridgehead atoms. The van der Waals surface area contributed by atoms with Crippen molar-refractivity contribution in [3.8, 4) is 0 Å². The monoisotopic (exact) mass is 248 g/mol. The van der Waals surface area contributed by atoms with Crippen LogP contribution in [0.25, 0.3) is 5.65 Å². The van der Waals surface area contributed by atoms with Gasteiger partial charge in [-0.1, -0.05) is 19.9 Å². The first kappa shape index (κ1) is 13.0. The summed E-state index contributed by atoms with van der Waals surface area (Å²) in [6.45, 7) is 5.77. The van der Waals surface area contributed by atoms with Crippen molar-refractivity contribution in [2.75, 3.05) is 13.2 Å². The van der Waals surface area contributed by atoms with Crippen molar-refractivity contribution in [2.45, 2.75) is 26.8 Å². The van der Waals surface area contributed by atoms with E-state index in [1.807, 2.05) is 28.8 Å². The molecule has 5 heteroatoms. The summed E-state index contributed by atoms with van der Waals surface area (Å²) in [6, 6.07) is 5.84.